The minimum atomic E-state index is -0.738. The Morgan fingerprint density at radius 2 is 2.55 bits per heavy atom. The summed E-state index contributed by atoms with van der Waals surface area (Å²) < 4.78 is 5.20. The lowest BCUT2D eigenvalue weighted by Gasteiger charge is -2.23. The molecular weight excluding hydrogens is 142 g/mol. The van der Waals surface area contributed by atoms with E-state index in [1.165, 1.54) is 0 Å². The van der Waals surface area contributed by atoms with Crippen LogP contribution in [0.2, 0.25) is 0 Å². The van der Waals surface area contributed by atoms with Gasteiger partial charge in [0.2, 0.25) is 0 Å². The van der Waals surface area contributed by atoms with E-state index in [1.807, 2.05) is 0 Å². The molecule has 1 fully saturated rings. The van der Waals surface area contributed by atoms with Crippen molar-refractivity contribution in [3.05, 3.63) is 12.7 Å². The summed E-state index contributed by atoms with van der Waals surface area (Å²) in [6, 6.07) is 0. The standard InChI is InChI=1S/C8H15NO2/c1-2-3-8(10)6-9-4-5-11-7-8/h2,9-10H,1,3-7H2. The van der Waals surface area contributed by atoms with E-state index in [-0.39, 0.29) is 0 Å². The molecule has 1 atom stereocenters. The Hall–Kier alpha value is -0.380. The Morgan fingerprint density at radius 3 is 3.27 bits per heavy atom. The van der Waals surface area contributed by atoms with Gasteiger partial charge in [-0.05, 0) is 6.42 Å². The zero-order valence-corrected chi connectivity index (χ0v) is 6.68. The summed E-state index contributed by atoms with van der Waals surface area (Å²) in [4.78, 5) is 0. The van der Waals surface area contributed by atoms with E-state index in [2.05, 4.69) is 11.9 Å². The first-order valence-corrected chi connectivity index (χ1v) is 3.89. The van der Waals surface area contributed by atoms with Crippen LogP contribution in [0.5, 0.6) is 0 Å². The van der Waals surface area contributed by atoms with Gasteiger partial charge in [-0.25, -0.2) is 0 Å². The fourth-order valence-electron chi connectivity index (χ4n) is 1.18. The summed E-state index contributed by atoms with van der Waals surface area (Å²) in [5.41, 5.74) is -0.738. The number of aliphatic hydroxyl groups is 1. The molecule has 0 spiro atoms. The summed E-state index contributed by atoms with van der Waals surface area (Å²) in [7, 11) is 0. The first-order valence-electron chi connectivity index (χ1n) is 3.89. The quantitative estimate of drug-likeness (QED) is 0.551. The highest BCUT2D eigenvalue weighted by atomic mass is 16.5. The highest BCUT2D eigenvalue weighted by Gasteiger charge is 2.26. The van der Waals surface area contributed by atoms with Crippen molar-refractivity contribution >= 4 is 0 Å². The number of ether oxygens (including phenoxy) is 1. The number of nitrogens with one attached hydrogen (secondary N) is 1. The maximum absolute atomic E-state index is 9.79. The van der Waals surface area contributed by atoms with Gasteiger partial charge in [0.15, 0.2) is 0 Å². The Balaban J connectivity index is 2.44. The van der Waals surface area contributed by atoms with E-state index in [1.54, 1.807) is 6.08 Å². The monoisotopic (exact) mass is 157 g/mol. The third kappa shape index (κ3) is 2.61. The van der Waals surface area contributed by atoms with Crippen LogP contribution in [0.15, 0.2) is 12.7 Å². The molecule has 0 bridgehead atoms. The SMILES string of the molecule is C=CCC1(O)CNCCOC1. The first-order chi connectivity index (χ1) is 5.27. The van der Waals surface area contributed by atoms with Crippen LogP contribution in [0.1, 0.15) is 6.42 Å². The maximum Gasteiger partial charge on any atom is 0.104 e. The molecule has 3 heteroatoms. The van der Waals surface area contributed by atoms with Gasteiger partial charge in [-0.15, -0.1) is 6.58 Å². The highest BCUT2D eigenvalue weighted by Crippen LogP contribution is 2.11. The second-order valence-corrected chi connectivity index (χ2v) is 2.95. The second-order valence-electron chi connectivity index (χ2n) is 2.95. The van der Waals surface area contributed by atoms with Gasteiger partial charge in [0, 0.05) is 13.1 Å². The van der Waals surface area contributed by atoms with Crippen molar-refractivity contribution in [3.8, 4) is 0 Å². The van der Waals surface area contributed by atoms with E-state index < -0.39 is 5.60 Å². The van der Waals surface area contributed by atoms with Crippen molar-refractivity contribution in [2.75, 3.05) is 26.3 Å². The smallest absolute Gasteiger partial charge is 0.104 e. The summed E-state index contributed by atoms with van der Waals surface area (Å²) in [6.07, 6.45) is 2.30. The number of hydrogen-bond donors (Lipinski definition) is 2. The average Bonchev–Trinajstić information content (AvgIpc) is 2.15. The van der Waals surface area contributed by atoms with Crippen molar-refractivity contribution in [2.45, 2.75) is 12.0 Å². The van der Waals surface area contributed by atoms with Crippen molar-refractivity contribution in [3.63, 3.8) is 0 Å². The summed E-state index contributed by atoms with van der Waals surface area (Å²) in [6.45, 7) is 6.09. The molecule has 3 nitrogen and oxygen atoms in total. The molecule has 1 rings (SSSR count). The fraction of sp³-hybridized carbons (Fsp3) is 0.750. The van der Waals surface area contributed by atoms with Crippen LogP contribution in [0, 0.1) is 0 Å². The third-order valence-electron chi connectivity index (χ3n) is 1.77. The van der Waals surface area contributed by atoms with Crippen LogP contribution < -0.4 is 5.32 Å². The van der Waals surface area contributed by atoms with Gasteiger partial charge in [0.25, 0.3) is 0 Å². The highest BCUT2D eigenvalue weighted by molar-refractivity contribution is 4.89. The number of hydrogen-bond acceptors (Lipinski definition) is 3. The molecule has 1 aliphatic heterocycles. The van der Waals surface area contributed by atoms with E-state index >= 15 is 0 Å². The van der Waals surface area contributed by atoms with Crippen molar-refractivity contribution in [1.82, 2.24) is 5.32 Å². The molecule has 0 radical (unpaired) electrons. The van der Waals surface area contributed by atoms with Gasteiger partial charge in [0.1, 0.15) is 5.60 Å². The van der Waals surface area contributed by atoms with Gasteiger partial charge < -0.3 is 15.2 Å². The van der Waals surface area contributed by atoms with E-state index in [9.17, 15) is 5.11 Å². The van der Waals surface area contributed by atoms with Crippen molar-refractivity contribution in [2.24, 2.45) is 0 Å². The third-order valence-corrected chi connectivity index (χ3v) is 1.77. The van der Waals surface area contributed by atoms with Crippen LogP contribution in [0.3, 0.4) is 0 Å². The Bertz CT molecular complexity index is 128. The Morgan fingerprint density at radius 1 is 1.73 bits per heavy atom. The van der Waals surface area contributed by atoms with Gasteiger partial charge in [0.05, 0.1) is 13.2 Å². The molecule has 0 aromatic rings. The van der Waals surface area contributed by atoms with E-state index in [4.69, 9.17) is 4.74 Å². The predicted octanol–water partition coefficient (Wildman–Crippen LogP) is -0.0866. The van der Waals surface area contributed by atoms with Gasteiger partial charge in [-0.3, -0.25) is 0 Å². The van der Waals surface area contributed by atoms with E-state index in [0.29, 0.717) is 26.2 Å². The Labute approximate surface area is 67.1 Å². The molecule has 0 aromatic heterocycles. The molecular formula is C8H15NO2. The molecule has 0 saturated carbocycles. The van der Waals surface area contributed by atoms with Gasteiger partial charge in [-0.1, -0.05) is 6.08 Å². The van der Waals surface area contributed by atoms with Crippen LogP contribution in [0.25, 0.3) is 0 Å². The topological polar surface area (TPSA) is 41.5 Å². The molecule has 1 heterocycles. The largest absolute Gasteiger partial charge is 0.386 e. The molecule has 2 N–H and O–H groups in total. The van der Waals surface area contributed by atoms with Crippen molar-refractivity contribution in [1.29, 1.82) is 0 Å². The molecule has 1 aliphatic rings. The number of rotatable bonds is 2. The second kappa shape index (κ2) is 3.85. The summed E-state index contributed by atoms with van der Waals surface area (Å²) in [5.74, 6) is 0. The lowest BCUT2D eigenvalue weighted by Crippen LogP contribution is -2.41. The molecule has 11 heavy (non-hydrogen) atoms. The molecule has 1 unspecified atom stereocenters. The minimum absolute atomic E-state index is 0.409. The molecule has 0 aromatic carbocycles. The lowest BCUT2D eigenvalue weighted by molar-refractivity contribution is -0.0251. The maximum atomic E-state index is 9.79. The zero-order valence-electron chi connectivity index (χ0n) is 6.68. The van der Waals surface area contributed by atoms with Gasteiger partial charge in [-0.2, -0.15) is 0 Å². The molecule has 1 saturated heterocycles. The van der Waals surface area contributed by atoms with Crippen LogP contribution in [-0.4, -0.2) is 37.0 Å². The Kier molecular flexibility index (Phi) is 3.05. The van der Waals surface area contributed by atoms with Crippen LogP contribution >= 0.6 is 0 Å². The first kappa shape index (κ1) is 8.71. The number of β-amino-alcohol motifs (C(OH)–C–C–N with tert-alkyl or cyclic N) is 1. The minimum Gasteiger partial charge on any atom is -0.386 e. The van der Waals surface area contributed by atoms with Crippen LogP contribution in [-0.2, 0) is 4.74 Å². The predicted molar refractivity (Wildman–Crippen MR) is 43.5 cm³/mol. The average molecular weight is 157 g/mol. The summed E-state index contributed by atoms with van der Waals surface area (Å²) in [5, 5.41) is 12.9. The molecule has 64 valence electrons. The molecule has 0 amide bonds. The van der Waals surface area contributed by atoms with Crippen molar-refractivity contribution < 1.29 is 9.84 Å². The zero-order chi connectivity index (χ0) is 8.16. The molecule has 0 aliphatic carbocycles. The van der Waals surface area contributed by atoms with Gasteiger partial charge >= 0.3 is 0 Å². The van der Waals surface area contributed by atoms with Crippen LogP contribution in [0.4, 0.5) is 0 Å². The summed E-state index contributed by atoms with van der Waals surface area (Å²) >= 11 is 0. The lowest BCUT2D eigenvalue weighted by atomic mass is 10.0. The fourth-order valence-corrected chi connectivity index (χ4v) is 1.18. The normalized spacial score (nSPS) is 32.8. The van der Waals surface area contributed by atoms with E-state index in [0.717, 1.165) is 6.54 Å².